The third-order valence-electron chi connectivity index (χ3n) is 3.38. The summed E-state index contributed by atoms with van der Waals surface area (Å²) >= 11 is 1.84. The topological polar surface area (TPSA) is 31.4 Å². The zero-order chi connectivity index (χ0) is 13.7. The van der Waals surface area contributed by atoms with Crippen molar-refractivity contribution in [3.63, 3.8) is 0 Å². The Morgan fingerprint density at radius 1 is 1.32 bits per heavy atom. The zero-order valence-electron chi connectivity index (χ0n) is 12.4. The van der Waals surface area contributed by atoms with E-state index in [4.69, 9.17) is 0 Å². The quantitative estimate of drug-likeness (QED) is 0.895. The van der Waals surface area contributed by atoms with Gasteiger partial charge in [0.25, 0.3) is 0 Å². The van der Waals surface area contributed by atoms with E-state index in [2.05, 4.69) is 41.0 Å². The Morgan fingerprint density at radius 3 is 2.95 bits per heavy atom. The fourth-order valence-corrected chi connectivity index (χ4v) is 3.18. The summed E-state index contributed by atoms with van der Waals surface area (Å²) in [6, 6.07) is 0. The van der Waals surface area contributed by atoms with Crippen molar-refractivity contribution in [2.45, 2.75) is 26.8 Å². The molecule has 2 heterocycles. The Balaban J connectivity index is 1.85. The Bertz CT molecular complexity index is 377. The lowest BCUT2D eigenvalue weighted by Crippen LogP contribution is -2.28. The van der Waals surface area contributed by atoms with E-state index in [0.717, 1.165) is 32.7 Å². The van der Waals surface area contributed by atoms with Gasteiger partial charge in [0, 0.05) is 37.3 Å². The van der Waals surface area contributed by atoms with Gasteiger partial charge in [-0.25, -0.2) is 4.98 Å². The van der Waals surface area contributed by atoms with Crippen LogP contribution >= 0.6 is 11.3 Å². The largest absolute Gasteiger partial charge is 0.347 e. The number of nitrogens with one attached hydrogen (secondary N) is 1. The lowest BCUT2D eigenvalue weighted by atomic mass is 10.2. The SMILES string of the molecule is CC(C)CNCc1cnc(N2CCCN(C)CC2)s1. The maximum absolute atomic E-state index is 4.59. The van der Waals surface area contributed by atoms with Gasteiger partial charge >= 0.3 is 0 Å². The molecule has 0 saturated carbocycles. The Hall–Kier alpha value is -0.650. The fraction of sp³-hybridized carbons (Fsp3) is 0.786. The lowest BCUT2D eigenvalue weighted by molar-refractivity contribution is 0.360. The Kier molecular flexibility index (Phi) is 5.60. The first-order valence-corrected chi connectivity index (χ1v) is 8.05. The summed E-state index contributed by atoms with van der Waals surface area (Å²) in [5, 5.41) is 4.67. The van der Waals surface area contributed by atoms with Crippen LogP contribution in [-0.2, 0) is 6.54 Å². The second kappa shape index (κ2) is 7.22. The third kappa shape index (κ3) is 4.75. The molecule has 1 N–H and O–H groups in total. The highest BCUT2D eigenvalue weighted by molar-refractivity contribution is 7.15. The van der Waals surface area contributed by atoms with Gasteiger partial charge in [0.15, 0.2) is 5.13 Å². The molecule has 108 valence electrons. The van der Waals surface area contributed by atoms with Crippen LogP contribution in [0.4, 0.5) is 5.13 Å². The van der Waals surface area contributed by atoms with Gasteiger partial charge in [-0.05, 0) is 32.5 Å². The molecule has 2 rings (SSSR count). The maximum atomic E-state index is 4.59. The minimum absolute atomic E-state index is 0.702. The van der Waals surface area contributed by atoms with Crippen LogP contribution in [0.15, 0.2) is 6.20 Å². The molecule has 5 heteroatoms. The number of rotatable bonds is 5. The number of aromatic nitrogens is 1. The van der Waals surface area contributed by atoms with Crippen LogP contribution < -0.4 is 10.2 Å². The summed E-state index contributed by atoms with van der Waals surface area (Å²) in [6.07, 6.45) is 3.26. The van der Waals surface area contributed by atoms with E-state index in [0.29, 0.717) is 5.92 Å². The van der Waals surface area contributed by atoms with Crippen LogP contribution in [0.5, 0.6) is 0 Å². The van der Waals surface area contributed by atoms with Gasteiger partial charge in [-0.3, -0.25) is 0 Å². The minimum atomic E-state index is 0.702. The van der Waals surface area contributed by atoms with Crippen LogP contribution in [0, 0.1) is 5.92 Å². The van der Waals surface area contributed by atoms with E-state index in [1.54, 1.807) is 0 Å². The van der Waals surface area contributed by atoms with Crippen LogP contribution in [0.3, 0.4) is 0 Å². The first kappa shape index (κ1) is 14.8. The standard InChI is InChI=1S/C14H26N4S/c1-12(2)9-15-10-13-11-16-14(19-13)18-6-4-5-17(3)7-8-18/h11-12,15H,4-10H2,1-3H3. The summed E-state index contributed by atoms with van der Waals surface area (Å²) in [5.74, 6) is 0.702. The molecular weight excluding hydrogens is 256 g/mol. The van der Waals surface area contributed by atoms with E-state index in [9.17, 15) is 0 Å². The van der Waals surface area contributed by atoms with Gasteiger partial charge in [-0.1, -0.05) is 13.8 Å². The molecule has 1 aromatic heterocycles. The van der Waals surface area contributed by atoms with Crippen molar-refractivity contribution in [2.75, 3.05) is 44.7 Å². The normalized spacial score (nSPS) is 18.0. The van der Waals surface area contributed by atoms with Crippen LogP contribution in [0.2, 0.25) is 0 Å². The summed E-state index contributed by atoms with van der Waals surface area (Å²) in [4.78, 5) is 10.8. The number of anilines is 1. The smallest absolute Gasteiger partial charge is 0.185 e. The molecule has 19 heavy (non-hydrogen) atoms. The number of hydrogen-bond donors (Lipinski definition) is 1. The summed E-state index contributed by atoms with van der Waals surface area (Å²) < 4.78 is 0. The van der Waals surface area contributed by atoms with Crippen molar-refractivity contribution in [2.24, 2.45) is 5.92 Å². The molecule has 0 bridgehead atoms. The second-order valence-corrected chi connectivity index (χ2v) is 6.87. The van der Waals surface area contributed by atoms with Gasteiger partial charge < -0.3 is 15.1 Å². The van der Waals surface area contributed by atoms with Crippen molar-refractivity contribution in [3.8, 4) is 0 Å². The first-order chi connectivity index (χ1) is 9.15. The van der Waals surface area contributed by atoms with E-state index in [1.165, 1.54) is 23.0 Å². The van der Waals surface area contributed by atoms with Crippen molar-refractivity contribution < 1.29 is 0 Å². The molecule has 0 atom stereocenters. The van der Waals surface area contributed by atoms with Crippen LogP contribution in [0.1, 0.15) is 25.1 Å². The van der Waals surface area contributed by atoms with Gasteiger partial charge in [-0.2, -0.15) is 0 Å². The lowest BCUT2D eigenvalue weighted by Gasteiger charge is -2.19. The number of likely N-dealkylation sites (N-methyl/N-ethyl adjacent to an activating group) is 1. The fourth-order valence-electron chi connectivity index (χ4n) is 2.25. The highest BCUT2D eigenvalue weighted by Gasteiger charge is 2.15. The molecule has 0 aliphatic carbocycles. The zero-order valence-corrected chi connectivity index (χ0v) is 13.2. The van der Waals surface area contributed by atoms with Gasteiger partial charge in [0.05, 0.1) is 0 Å². The average Bonchev–Trinajstić information content (AvgIpc) is 2.71. The molecule has 1 fully saturated rings. The first-order valence-electron chi connectivity index (χ1n) is 7.24. The molecule has 1 aliphatic rings. The molecule has 0 spiro atoms. The monoisotopic (exact) mass is 282 g/mol. The Labute approximate surface area is 120 Å². The van der Waals surface area contributed by atoms with Crippen molar-refractivity contribution in [1.82, 2.24) is 15.2 Å². The van der Waals surface area contributed by atoms with Crippen molar-refractivity contribution >= 4 is 16.5 Å². The van der Waals surface area contributed by atoms with Crippen LogP contribution in [0.25, 0.3) is 0 Å². The molecule has 4 nitrogen and oxygen atoms in total. The predicted octanol–water partition coefficient (Wildman–Crippen LogP) is 2.03. The molecule has 0 aromatic carbocycles. The third-order valence-corrected chi connectivity index (χ3v) is 4.44. The number of thiazole rings is 1. The Morgan fingerprint density at radius 2 is 2.16 bits per heavy atom. The predicted molar refractivity (Wildman–Crippen MR) is 83.0 cm³/mol. The van der Waals surface area contributed by atoms with E-state index in [1.807, 2.05) is 17.5 Å². The minimum Gasteiger partial charge on any atom is -0.347 e. The van der Waals surface area contributed by atoms with Crippen molar-refractivity contribution in [1.29, 1.82) is 0 Å². The molecule has 0 unspecified atom stereocenters. The number of nitrogens with zero attached hydrogens (tertiary/aromatic N) is 3. The highest BCUT2D eigenvalue weighted by atomic mass is 32.1. The maximum Gasteiger partial charge on any atom is 0.185 e. The van der Waals surface area contributed by atoms with Gasteiger partial charge in [-0.15, -0.1) is 11.3 Å². The van der Waals surface area contributed by atoms with E-state index < -0.39 is 0 Å². The molecule has 0 amide bonds. The second-order valence-electron chi connectivity index (χ2n) is 5.78. The molecule has 0 radical (unpaired) electrons. The summed E-state index contributed by atoms with van der Waals surface area (Å²) in [6.45, 7) is 11.1. The molecular formula is C14H26N4S. The molecule has 1 aromatic rings. The van der Waals surface area contributed by atoms with E-state index >= 15 is 0 Å². The summed E-state index contributed by atoms with van der Waals surface area (Å²) in [7, 11) is 2.20. The van der Waals surface area contributed by atoms with Crippen molar-refractivity contribution in [3.05, 3.63) is 11.1 Å². The molecule has 1 aliphatic heterocycles. The summed E-state index contributed by atoms with van der Waals surface area (Å²) in [5.41, 5.74) is 0. The average molecular weight is 282 g/mol. The van der Waals surface area contributed by atoms with Crippen LogP contribution in [-0.4, -0.2) is 49.7 Å². The highest BCUT2D eigenvalue weighted by Crippen LogP contribution is 2.23. The van der Waals surface area contributed by atoms with Gasteiger partial charge in [0.2, 0.25) is 0 Å². The number of hydrogen-bond acceptors (Lipinski definition) is 5. The van der Waals surface area contributed by atoms with Gasteiger partial charge in [0.1, 0.15) is 0 Å². The molecule has 1 saturated heterocycles. The van der Waals surface area contributed by atoms with E-state index in [-0.39, 0.29) is 0 Å².